The van der Waals surface area contributed by atoms with Crippen LogP contribution >= 0.6 is 0 Å². The second-order valence-corrected chi connectivity index (χ2v) is 4.80. The first-order chi connectivity index (χ1) is 6.74. The Kier molecular flexibility index (Phi) is 5.49. The molecular formula is C12H26N2. The van der Waals surface area contributed by atoms with E-state index in [2.05, 4.69) is 31.4 Å². The van der Waals surface area contributed by atoms with Crippen molar-refractivity contribution in [2.45, 2.75) is 58.5 Å². The summed E-state index contributed by atoms with van der Waals surface area (Å²) in [5, 5.41) is 7.26. The van der Waals surface area contributed by atoms with Crippen LogP contribution in [-0.4, -0.2) is 25.2 Å². The average molecular weight is 198 g/mol. The molecule has 84 valence electrons. The lowest BCUT2D eigenvalue weighted by Gasteiger charge is -2.26. The molecule has 1 aliphatic rings. The van der Waals surface area contributed by atoms with Crippen molar-refractivity contribution in [2.24, 2.45) is 5.92 Å². The summed E-state index contributed by atoms with van der Waals surface area (Å²) in [6.07, 6.45) is 5.22. The Bertz CT molecular complexity index is 137. The summed E-state index contributed by atoms with van der Waals surface area (Å²) in [4.78, 5) is 0. The van der Waals surface area contributed by atoms with Crippen LogP contribution in [0.15, 0.2) is 0 Å². The minimum absolute atomic E-state index is 0.707. The Morgan fingerprint density at radius 2 is 2.07 bits per heavy atom. The van der Waals surface area contributed by atoms with Gasteiger partial charge in [-0.05, 0) is 44.7 Å². The van der Waals surface area contributed by atoms with Crippen molar-refractivity contribution in [3.05, 3.63) is 0 Å². The van der Waals surface area contributed by atoms with Crippen molar-refractivity contribution in [1.29, 1.82) is 0 Å². The average Bonchev–Trinajstić information content (AvgIpc) is 2.41. The largest absolute Gasteiger partial charge is 0.317 e. The summed E-state index contributed by atoms with van der Waals surface area (Å²) >= 11 is 0. The molecule has 0 aliphatic carbocycles. The Hall–Kier alpha value is -0.0800. The zero-order chi connectivity index (χ0) is 10.4. The van der Waals surface area contributed by atoms with Crippen LogP contribution < -0.4 is 10.6 Å². The van der Waals surface area contributed by atoms with Crippen LogP contribution in [0.1, 0.15) is 46.5 Å². The highest BCUT2D eigenvalue weighted by Crippen LogP contribution is 2.11. The highest BCUT2D eigenvalue weighted by atomic mass is 15.0. The van der Waals surface area contributed by atoms with E-state index < -0.39 is 0 Å². The van der Waals surface area contributed by atoms with E-state index in [4.69, 9.17) is 0 Å². The van der Waals surface area contributed by atoms with Crippen molar-refractivity contribution >= 4 is 0 Å². The van der Waals surface area contributed by atoms with Crippen LogP contribution in [0.3, 0.4) is 0 Å². The molecule has 2 unspecified atom stereocenters. The molecule has 14 heavy (non-hydrogen) atoms. The predicted molar refractivity (Wildman–Crippen MR) is 62.6 cm³/mol. The SMILES string of the molecule is CCC(NC1CCCNCC1)C(C)C. The van der Waals surface area contributed by atoms with Crippen LogP contribution in [0.4, 0.5) is 0 Å². The summed E-state index contributed by atoms with van der Waals surface area (Å²) in [6.45, 7) is 9.31. The molecule has 1 heterocycles. The fraction of sp³-hybridized carbons (Fsp3) is 1.00. The summed E-state index contributed by atoms with van der Waals surface area (Å²) in [5.74, 6) is 0.760. The molecule has 0 spiro atoms. The molecule has 0 saturated carbocycles. The van der Waals surface area contributed by atoms with Crippen molar-refractivity contribution in [3.8, 4) is 0 Å². The number of rotatable bonds is 4. The topological polar surface area (TPSA) is 24.1 Å². The summed E-state index contributed by atoms with van der Waals surface area (Å²) < 4.78 is 0. The van der Waals surface area contributed by atoms with E-state index in [1.165, 1.54) is 38.8 Å². The van der Waals surface area contributed by atoms with Gasteiger partial charge in [0.25, 0.3) is 0 Å². The normalized spacial score (nSPS) is 26.1. The van der Waals surface area contributed by atoms with Crippen molar-refractivity contribution in [1.82, 2.24) is 10.6 Å². The molecule has 0 bridgehead atoms. The molecule has 1 rings (SSSR count). The van der Waals surface area contributed by atoms with Crippen LogP contribution in [-0.2, 0) is 0 Å². The summed E-state index contributed by atoms with van der Waals surface area (Å²) in [5.41, 5.74) is 0. The molecule has 1 fully saturated rings. The zero-order valence-electron chi connectivity index (χ0n) is 9.97. The van der Waals surface area contributed by atoms with E-state index in [9.17, 15) is 0 Å². The standard InChI is InChI=1S/C12H26N2/c1-4-12(10(2)3)14-11-6-5-8-13-9-7-11/h10-14H,4-9H2,1-3H3. The van der Waals surface area contributed by atoms with E-state index in [1.54, 1.807) is 0 Å². The third-order valence-electron chi connectivity index (χ3n) is 3.27. The number of hydrogen-bond acceptors (Lipinski definition) is 2. The number of hydrogen-bond donors (Lipinski definition) is 2. The fourth-order valence-electron chi connectivity index (χ4n) is 2.27. The van der Waals surface area contributed by atoms with Crippen molar-refractivity contribution in [2.75, 3.05) is 13.1 Å². The fourth-order valence-corrected chi connectivity index (χ4v) is 2.27. The second-order valence-electron chi connectivity index (χ2n) is 4.80. The predicted octanol–water partition coefficient (Wildman–Crippen LogP) is 2.15. The molecule has 1 aliphatic heterocycles. The maximum Gasteiger partial charge on any atom is 0.00900 e. The first-order valence-electron chi connectivity index (χ1n) is 6.20. The maximum absolute atomic E-state index is 3.81. The van der Waals surface area contributed by atoms with E-state index in [-0.39, 0.29) is 0 Å². The molecule has 2 nitrogen and oxygen atoms in total. The molecule has 2 heteroatoms. The lowest BCUT2D eigenvalue weighted by atomic mass is 9.99. The quantitative estimate of drug-likeness (QED) is 0.723. The Morgan fingerprint density at radius 3 is 2.71 bits per heavy atom. The molecule has 2 N–H and O–H groups in total. The van der Waals surface area contributed by atoms with Crippen molar-refractivity contribution < 1.29 is 0 Å². The highest BCUT2D eigenvalue weighted by molar-refractivity contribution is 4.78. The Balaban J connectivity index is 2.32. The van der Waals surface area contributed by atoms with Gasteiger partial charge in [-0.1, -0.05) is 20.8 Å². The van der Waals surface area contributed by atoms with Gasteiger partial charge >= 0.3 is 0 Å². The number of nitrogens with one attached hydrogen (secondary N) is 2. The molecule has 2 atom stereocenters. The van der Waals surface area contributed by atoms with Gasteiger partial charge in [-0.3, -0.25) is 0 Å². The van der Waals surface area contributed by atoms with Gasteiger partial charge in [0.15, 0.2) is 0 Å². The third-order valence-corrected chi connectivity index (χ3v) is 3.27. The molecule has 0 radical (unpaired) electrons. The minimum Gasteiger partial charge on any atom is -0.317 e. The first kappa shape index (κ1) is 12.0. The maximum atomic E-state index is 3.81. The first-order valence-corrected chi connectivity index (χ1v) is 6.20. The smallest absolute Gasteiger partial charge is 0.00900 e. The Labute approximate surface area is 88.8 Å². The highest BCUT2D eigenvalue weighted by Gasteiger charge is 2.17. The van der Waals surface area contributed by atoms with Gasteiger partial charge in [-0.25, -0.2) is 0 Å². The van der Waals surface area contributed by atoms with Crippen LogP contribution in [0.5, 0.6) is 0 Å². The molecule has 0 aromatic heterocycles. The lowest BCUT2D eigenvalue weighted by Crippen LogP contribution is -2.41. The van der Waals surface area contributed by atoms with Gasteiger partial charge in [0, 0.05) is 12.1 Å². The molecular weight excluding hydrogens is 172 g/mol. The monoisotopic (exact) mass is 198 g/mol. The van der Waals surface area contributed by atoms with Gasteiger partial charge in [0.1, 0.15) is 0 Å². The van der Waals surface area contributed by atoms with Gasteiger partial charge < -0.3 is 10.6 Å². The van der Waals surface area contributed by atoms with E-state index in [1.807, 2.05) is 0 Å². The minimum atomic E-state index is 0.707. The van der Waals surface area contributed by atoms with Crippen molar-refractivity contribution in [3.63, 3.8) is 0 Å². The van der Waals surface area contributed by atoms with Gasteiger partial charge in [0.05, 0.1) is 0 Å². The molecule has 0 amide bonds. The summed E-state index contributed by atoms with van der Waals surface area (Å²) in [6, 6.07) is 1.45. The van der Waals surface area contributed by atoms with Crippen LogP contribution in [0.2, 0.25) is 0 Å². The zero-order valence-corrected chi connectivity index (χ0v) is 9.97. The van der Waals surface area contributed by atoms with Crippen LogP contribution in [0, 0.1) is 5.92 Å². The van der Waals surface area contributed by atoms with Gasteiger partial charge in [0.2, 0.25) is 0 Å². The van der Waals surface area contributed by atoms with Crippen LogP contribution in [0.25, 0.3) is 0 Å². The molecule has 0 aromatic rings. The molecule has 0 aromatic carbocycles. The van der Waals surface area contributed by atoms with Gasteiger partial charge in [-0.2, -0.15) is 0 Å². The third kappa shape index (κ3) is 3.97. The second kappa shape index (κ2) is 6.41. The van der Waals surface area contributed by atoms with E-state index >= 15 is 0 Å². The summed E-state index contributed by atoms with van der Waals surface area (Å²) in [7, 11) is 0. The lowest BCUT2D eigenvalue weighted by molar-refractivity contribution is 0.327. The van der Waals surface area contributed by atoms with E-state index in [0.717, 1.165) is 12.0 Å². The molecule has 1 saturated heterocycles. The van der Waals surface area contributed by atoms with Gasteiger partial charge in [-0.15, -0.1) is 0 Å². The van der Waals surface area contributed by atoms with E-state index in [0.29, 0.717) is 6.04 Å². The Morgan fingerprint density at radius 1 is 1.29 bits per heavy atom.